The minimum Gasteiger partial charge on any atom is -0.487 e. The van der Waals surface area contributed by atoms with E-state index in [2.05, 4.69) is 0 Å². The number of hydrogen-bond donors (Lipinski definition) is 0. The van der Waals surface area contributed by atoms with Crippen LogP contribution in [-0.2, 0) is 9.84 Å². The largest absolute Gasteiger partial charge is 0.487 e. The van der Waals surface area contributed by atoms with Crippen molar-refractivity contribution in [3.8, 4) is 16.9 Å². The lowest BCUT2D eigenvalue weighted by molar-refractivity contribution is 0.0620. The summed E-state index contributed by atoms with van der Waals surface area (Å²) in [5, 5.41) is 0. The third-order valence-electron chi connectivity index (χ3n) is 3.85. The molecule has 0 fully saturated rings. The van der Waals surface area contributed by atoms with E-state index in [4.69, 9.17) is 4.74 Å². The molecule has 1 heterocycles. The maximum Gasteiger partial charge on any atom is 0.175 e. The van der Waals surface area contributed by atoms with Crippen molar-refractivity contribution >= 4 is 15.6 Å². The Morgan fingerprint density at radius 3 is 2.43 bits per heavy atom. The van der Waals surface area contributed by atoms with Gasteiger partial charge in [0.15, 0.2) is 15.6 Å². The maximum atomic E-state index is 12.2. The Morgan fingerprint density at radius 2 is 1.74 bits per heavy atom. The molecule has 0 atom stereocenters. The Kier molecular flexibility index (Phi) is 3.56. The van der Waals surface area contributed by atoms with Crippen molar-refractivity contribution in [2.75, 3.05) is 6.26 Å². The van der Waals surface area contributed by atoms with Gasteiger partial charge in [0.2, 0.25) is 0 Å². The number of ether oxygens (including phenoxy) is 1. The normalized spacial score (nSPS) is 16.6. The molecule has 0 saturated heterocycles. The summed E-state index contributed by atoms with van der Waals surface area (Å²) in [5.74, 6) is 0.612. The van der Waals surface area contributed by atoms with Crippen molar-refractivity contribution in [3.05, 3.63) is 48.0 Å². The predicted octanol–water partition coefficient (Wildman–Crippen LogP) is 3.50. The van der Waals surface area contributed by atoms with Gasteiger partial charge in [0.05, 0.1) is 16.9 Å². The molecule has 120 valence electrons. The molecule has 2 aromatic rings. The van der Waals surface area contributed by atoms with Crippen molar-refractivity contribution in [2.24, 2.45) is 0 Å². The molecule has 0 bridgehead atoms. The number of hydrogen-bond acceptors (Lipinski definition) is 4. The van der Waals surface area contributed by atoms with Crippen LogP contribution in [0, 0.1) is 0 Å². The minimum absolute atomic E-state index is 0.0627. The summed E-state index contributed by atoms with van der Waals surface area (Å²) in [4.78, 5) is 12.4. The molecular formula is C18H18O4S. The van der Waals surface area contributed by atoms with Gasteiger partial charge in [-0.3, -0.25) is 4.79 Å². The molecule has 0 aromatic heterocycles. The van der Waals surface area contributed by atoms with E-state index in [0.717, 1.165) is 11.1 Å². The van der Waals surface area contributed by atoms with Gasteiger partial charge in [-0.25, -0.2) is 8.42 Å². The SMILES string of the molecule is CC1(C)CC(=O)c2ccc(-c3cccc(S(C)(=O)=O)c3)cc2O1. The average Bonchev–Trinajstić information content (AvgIpc) is 2.44. The minimum atomic E-state index is -3.26. The molecule has 3 rings (SSSR count). The summed E-state index contributed by atoms with van der Waals surface area (Å²) < 4.78 is 29.3. The summed E-state index contributed by atoms with van der Waals surface area (Å²) in [5.41, 5.74) is 1.64. The molecule has 0 saturated carbocycles. The van der Waals surface area contributed by atoms with E-state index < -0.39 is 15.4 Å². The van der Waals surface area contributed by atoms with Gasteiger partial charge in [0.25, 0.3) is 0 Å². The Labute approximate surface area is 136 Å². The standard InChI is InChI=1S/C18H18O4S/c1-18(2)11-16(19)15-8-7-13(10-17(15)22-18)12-5-4-6-14(9-12)23(3,20)21/h4-10H,11H2,1-3H3. The fourth-order valence-corrected chi connectivity index (χ4v) is 3.41. The van der Waals surface area contributed by atoms with E-state index >= 15 is 0 Å². The van der Waals surface area contributed by atoms with Crippen LogP contribution in [0.2, 0.25) is 0 Å². The lowest BCUT2D eigenvalue weighted by atomic mass is 9.91. The Hall–Kier alpha value is -2.14. The Morgan fingerprint density at radius 1 is 1.04 bits per heavy atom. The molecule has 5 heteroatoms. The van der Waals surface area contributed by atoms with E-state index in [1.165, 1.54) is 6.26 Å². The summed E-state index contributed by atoms with van der Waals surface area (Å²) in [7, 11) is -3.26. The average molecular weight is 330 g/mol. The molecule has 23 heavy (non-hydrogen) atoms. The van der Waals surface area contributed by atoms with Crippen LogP contribution in [0.25, 0.3) is 11.1 Å². The number of fused-ring (bicyclic) bond motifs is 1. The third kappa shape index (κ3) is 3.15. The van der Waals surface area contributed by atoms with Crippen LogP contribution >= 0.6 is 0 Å². The summed E-state index contributed by atoms with van der Waals surface area (Å²) >= 11 is 0. The number of rotatable bonds is 2. The number of carbonyl (C=O) groups is 1. The Balaban J connectivity index is 2.08. The van der Waals surface area contributed by atoms with Gasteiger partial charge in [-0.2, -0.15) is 0 Å². The third-order valence-corrected chi connectivity index (χ3v) is 4.96. The highest BCUT2D eigenvalue weighted by atomic mass is 32.2. The monoisotopic (exact) mass is 330 g/mol. The highest BCUT2D eigenvalue weighted by Crippen LogP contribution is 2.36. The first kappa shape index (κ1) is 15.7. The number of benzene rings is 2. The smallest absolute Gasteiger partial charge is 0.175 e. The first-order valence-electron chi connectivity index (χ1n) is 7.32. The van der Waals surface area contributed by atoms with Crippen LogP contribution in [0.15, 0.2) is 47.4 Å². The molecule has 0 aliphatic carbocycles. The number of sulfone groups is 1. The van der Waals surface area contributed by atoms with Crippen molar-refractivity contribution in [1.29, 1.82) is 0 Å². The van der Waals surface area contributed by atoms with Crippen molar-refractivity contribution in [3.63, 3.8) is 0 Å². The summed E-state index contributed by atoms with van der Waals surface area (Å²) in [6.07, 6.45) is 1.53. The van der Waals surface area contributed by atoms with Gasteiger partial charge in [-0.15, -0.1) is 0 Å². The van der Waals surface area contributed by atoms with Crippen molar-refractivity contribution in [2.45, 2.75) is 30.8 Å². The van der Waals surface area contributed by atoms with Crippen LogP contribution in [-0.4, -0.2) is 26.1 Å². The molecule has 0 spiro atoms. The van der Waals surface area contributed by atoms with Gasteiger partial charge in [0, 0.05) is 6.26 Å². The molecule has 0 amide bonds. The van der Waals surface area contributed by atoms with Crippen molar-refractivity contribution in [1.82, 2.24) is 0 Å². The van der Waals surface area contributed by atoms with E-state index in [1.807, 2.05) is 26.0 Å². The molecule has 0 radical (unpaired) electrons. The molecule has 0 unspecified atom stereocenters. The zero-order chi connectivity index (χ0) is 16.8. The van der Waals surface area contributed by atoms with Crippen LogP contribution in [0.5, 0.6) is 5.75 Å². The van der Waals surface area contributed by atoms with Crippen LogP contribution in [0.3, 0.4) is 0 Å². The maximum absolute atomic E-state index is 12.2. The quantitative estimate of drug-likeness (QED) is 0.845. The Bertz CT molecular complexity index is 895. The second-order valence-corrected chi connectivity index (χ2v) is 8.49. The van der Waals surface area contributed by atoms with E-state index in [-0.39, 0.29) is 10.7 Å². The first-order valence-corrected chi connectivity index (χ1v) is 9.22. The first-order chi connectivity index (χ1) is 10.7. The van der Waals surface area contributed by atoms with E-state index in [9.17, 15) is 13.2 Å². The second kappa shape index (κ2) is 5.20. The van der Waals surface area contributed by atoms with Crippen LogP contribution < -0.4 is 4.74 Å². The lowest BCUT2D eigenvalue weighted by Crippen LogP contribution is -2.35. The number of Topliss-reactive ketones (excluding diaryl/α,β-unsaturated/α-hetero) is 1. The summed E-state index contributed by atoms with van der Waals surface area (Å²) in [6.45, 7) is 3.76. The molecule has 1 aliphatic heterocycles. The highest BCUT2D eigenvalue weighted by Gasteiger charge is 2.32. The lowest BCUT2D eigenvalue weighted by Gasteiger charge is -2.31. The van der Waals surface area contributed by atoms with Gasteiger partial charge in [-0.05, 0) is 49.2 Å². The van der Waals surface area contributed by atoms with Crippen LogP contribution in [0.4, 0.5) is 0 Å². The number of ketones is 1. The van der Waals surface area contributed by atoms with E-state index in [1.54, 1.807) is 30.3 Å². The highest BCUT2D eigenvalue weighted by molar-refractivity contribution is 7.90. The van der Waals surface area contributed by atoms with Gasteiger partial charge >= 0.3 is 0 Å². The van der Waals surface area contributed by atoms with Gasteiger partial charge < -0.3 is 4.74 Å². The predicted molar refractivity (Wildman–Crippen MR) is 88.6 cm³/mol. The van der Waals surface area contributed by atoms with Crippen LogP contribution in [0.1, 0.15) is 30.6 Å². The topological polar surface area (TPSA) is 60.4 Å². The molecule has 2 aromatic carbocycles. The zero-order valence-corrected chi connectivity index (χ0v) is 14.1. The van der Waals surface area contributed by atoms with Gasteiger partial charge in [-0.1, -0.05) is 18.2 Å². The van der Waals surface area contributed by atoms with Gasteiger partial charge in [0.1, 0.15) is 11.4 Å². The number of carbonyl (C=O) groups excluding carboxylic acids is 1. The fraction of sp³-hybridized carbons (Fsp3) is 0.278. The van der Waals surface area contributed by atoms with E-state index in [0.29, 0.717) is 17.7 Å². The molecule has 4 nitrogen and oxygen atoms in total. The molecule has 1 aliphatic rings. The molecular weight excluding hydrogens is 312 g/mol. The zero-order valence-electron chi connectivity index (χ0n) is 13.3. The summed E-state index contributed by atoms with van der Waals surface area (Å²) in [6, 6.07) is 12.1. The fourth-order valence-electron chi connectivity index (χ4n) is 2.74. The molecule has 0 N–H and O–H groups in total. The second-order valence-electron chi connectivity index (χ2n) is 6.47. The van der Waals surface area contributed by atoms with Crippen molar-refractivity contribution < 1.29 is 17.9 Å².